The van der Waals surface area contributed by atoms with Gasteiger partial charge in [-0.25, -0.2) is 0 Å². The standard InChI is InChI=1S/C11H18O/c1-5-9-7-11(3,4)10(12)6-8(9)2/h5,10,12H,2,6-7H2,1,3-4H3/b9-5+. The first kappa shape index (κ1) is 9.53. The van der Waals surface area contributed by atoms with Gasteiger partial charge in [0.1, 0.15) is 0 Å². The van der Waals surface area contributed by atoms with Crippen LogP contribution in [0.25, 0.3) is 0 Å². The van der Waals surface area contributed by atoms with Gasteiger partial charge in [0.2, 0.25) is 0 Å². The van der Waals surface area contributed by atoms with Crippen molar-refractivity contribution in [2.45, 2.75) is 39.7 Å². The molecule has 1 heteroatoms. The molecule has 0 saturated heterocycles. The highest BCUT2D eigenvalue weighted by atomic mass is 16.3. The van der Waals surface area contributed by atoms with E-state index in [0.29, 0.717) is 0 Å². The minimum Gasteiger partial charge on any atom is -0.392 e. The van der Waals surface area contributed by atoms with Gasteiger partial charge in [-0.2, -0.15) is 0 Å². The molecule has 12 heavy (non-hydrogen) atoms. The second-order valence-corrected chi connectivity index (χ2v) is 4.30. The highest BCUT2D eigenvalue weighted by molar-refractivity contribution is 5.32. The molecule has 0 spiro atoms. The maximum Gasteiger partial charge on any atom is 0.0634 e. The van der Waals surface area contributed by atoms with Gasteiger partial charge in [0.25, 0.3) is 0 Å². The first-order valence-electron chi connectivity index (χ1n) is 4.49. The SMILES string of the molecule is C=C1CC(O)C(C)(C)C/C1=C\C. The fourth-order valence-electron chi connectivity index (χ4n) is 1.68. The summed E-state index contributed by atoms with van der Waals surface area (Å²) in [5.41, 5.74) is 2.43. The molecule has 0 amide bonds. The molecule has 0 bridgehead atoms. The molecule has 0 aromatic carbocycles. The third-order valence-corrected chi connectivity index (χ3v) is 2.79. The molecule has 1 saturated carbocycles. The van der Waals surface area contributed by atoms with Crippen molar-refractivity contribution in [1.29, 1.82) is 0 Å². The lowest BCUT2D eigenvalue weighted by Crippen LogP contribution is -2.34. The van der Waals surface area contributed by atoms with E-state index in [1.165, 1.54) is 5.57 Å². The Morgan fingerprint density at radius 2 is 2.17 bits per heavy atom. The van der Waals surface area contributed by atoms with Gasteiger partial charge in [-0.1, -0.05) is 26.5 Å². The van der Waals surface area contributed by atoms with Crippen LogP contribution in [0.4, 0.5) is 0 Å². The van der Waals surface area contributed by atoms with E-state index < -0.39 is 0 Å². The third kappa shape index (κ3) is 1.61. The number of allylic oxidation sites excluding steroid dienone is 2. The lowest BCUT2D eigenvalue weighted by atomic mass is 9.71. The minimum absolute atomic E-state index is 0.0169. The molecule has 0 heterocycles. The summed E-state index contributed by atoms with van der Waals surface area (Å²) in [5.74, 6) is 0. The van der Waals surface area contributed by atoms with Gasteiger partial charge in [-0.3, -0.25) is 0 Å². The summed E-state index contributed by atoms with van der Waals surface area (Å²) in [7, 11) is 0. The van der Waals surface area contributed by atoms with E-state index in [0.717, 1.165) is 18.4 Å². The second-order valence-electron chi connectivity index (χ2n) is 4.30. The zero-order valence-electron chi connectivity index (χ0n) is 8.22. The summed E-state index contributed by atoms with van der Waals surface area (Å²) in [6.07, 6.45) is 3.56. The molecule has 68 valence electrons. The summed E-state index contributed by atoms with van der Waals surface area (Å²) < 4.78 is 0. The average molecular weight is 166 g/mol. The van der Waals surface area contributed by atoms with Crippen molar-refractivity contribution in [3.63, 3.8) is 0 Å². The maximum absolute atomic E-state index is 9.73. The molecule has 1 rings (SSSR count). The van der Waals surface area contributed by atoms with Gasteiger partial charge in [0, 0.05) is 0 Å². The Bertz CT molecular complexity index is 223. The number of hydrogen-bond donors (Lipinski definition) is 1. The Labute approximate surface area is 74.8 Å². The lowest BCUT2D eigenvalue weighted by molar-refractivity contribution is 0.0421. The Morgan fingerprint density at radius 3 is 2.67 bits per heavy atom. The van der Waals surface area contributed by atoms with Gasteiger partial charge in [0.05, 0.1) is 6.10 Å². The van der Waals surface area contributed by atoms with E-state index >= 15 is 0 Å². The molecule has 1 N–H and O–H groups in total. The predicted molar refractivity (Wildman–Crippen MR) is 51.9 cm³/mol. The van der Waals surface area contributed by atoms with Crippen molar-refractivity contribution in [2.75, 3.05) is 0 Å². The highest BCUT2D eigenvalue weighted by Gasteiger charge is 2.34. The van der Waals surface area contributed by atoms with Crippen LogP contribution in [-0.2, 0) is 0 Å². The Hall–Kier alpha value is -0.560. The van der Waals surface area contributed by atoms with Crippen LogP contribution in [0.2, 0.25) is 0 Å². The van der Waals surface area contributed by atoms with Crippen LogP contribution in [0, 0.1) is 5.41 Å². The summed E-state index contributed by atoms with van der Waals surface area (Å²) in [6, 6.07) is 0. The molecule has 1 aliphatic rings. The summed E-state index contributed by atoms with van der Waals surface area (Å²) in [4.78, 5) is 0. The number of hydrogen-bond acceptors (Lipinski definition) is 1. The topological polar surface area (TPSA) is 20.2 Å². The number of aliphatic hydroxyl groups is 1. The third-order valence-electron chi connectivity index (χ3n) is 2.79. The Balaban J connectivity index is 2.85. The van der Waals surface area contributed by atoms with Crippen LogP contribution in [-0.4, -0.2) is 11.2 Å². The zero-order chi connectivity index (χ0) is 9.35. The first-order valence-corrected chi connectivity index (χ1v) is 4.49. The highest BCUT2D eigenvalue weighted by Crippen LogP contribution is 2.40. The van der Waals surface area contributed by atoms with Crippen LogP contribution in [0.1, 0.15) is 33.6 Å². The van der Waals surface area contributed by atoms with Crippen molar-refractivity contribution in [3.8, 4) is 0 Å². The van der Waals surface area contributed by atoms with E-state index in [2.05, 4.69) is 26.5 Å². The smallest absolute Gasteiger partial charge is 0.0634 e. The fourth-order valence-corrected chi connectivity index (χ4v) is 1.68. The van der Waals surface area contributed by atoms with Crippen molar-refractivity contribution >= 4 is 0 Å². The molecule has 1 nitrogen and oxygen atoms in total. The number of aliphatic hydroxyl groups excluding tert-OH is 1. The molecule has 0 radical (unpaired) electrons. The lowest BCUT2D eigenvalue weighted by Gasteiger charge is -2.37. The van der Waals surface area contributed by atoms with E-state index in [1.54, 1.807) is 0 Å². The first-order chi connectivity index (χ1) is 5.47. The number of rotatable bonds is 0. The van der Waals surface area contributed by atoms with Crippen molar-refractivity contribution < 1.29 is 5.11 Å². The molecule has 1 atom stereocenters. The van der Waals surface area contributed by atoms with Crippen molar-refractivity contribution in [3.05, 3.63) is 23.8 Å². The van der Waals surface area contributed by atoms with Crippen LogP contribution < -0.4 is 0 Å². The molecule has 0 aliphatic heterocycles. The largest absolute Gasteiger partial charge is 0.392 e. The van der Waals surface area contributed by atoms with E-state index in [1.807, 2.05) is 6.92 Å². The van der Waals surface area contributed by atoms with Crippen molar-refractivity contribution in [1.82, 2.24) is 0 Å². The molecule has 0 aromatic heterocycles. The second kappa shape index (κ2) is 3.06. The molecule has 1 aliphatic carbocycles. The normalized spacial score (nSPS) is 32.5. The fraction of sp³-hybridized carbons (Fsp3) is 0.636. The van der Waals surface area contributed by atoms with Gasteiger partial charge >= 0.3 is 0 Å². The van der Waals surface area contributed by atoms with E-state index in [9.17, 15) is 5.11 Å². The summed E-state index contributed by atoms with van der Waals surface area (Å²) in [6.45, 7) is 10.2. The van der Waals surface area contributed by atoms with Crippen LogP contribution in [0.3, 0.4) is 0 Å². The molecular weight excluding hydrogens is 148 g/mol. The molecule has 1 unspecified atom stereocenters. The Kier molecular flexibility index (Phi) is 2.43. The summed E-state index contributed by atoms with van der Waals surface area (Å²) in [5, 5.41) is 9.73. The molecular formula is C11H18O. The quantitative estimate of drug-likeness (QED) is 0.586. The van der Waals surface area contributed by atoms with Gasteiger partial charge in [-0.15, -0.1) is 0 Å². The molecule has 1 fully saturated rings. The minimum atomic E-state index is -0.228. The van der Waals surface area contributed by atoms with Gasteiger partial charge in [0.15, 0.2) is 0 Å². The summed E-state index contributed by atoms with van der Waals surface area (Å²) >= 11 is 0. The monoisotopic (exact) mass is 166 g/mol. The average Bonchev–Trinajstić information content (AvgIpc) is 1.97. The van der Waals surface area contributed by atoms with Gasteiger partial charge < -0.3 is 5.11 Å². The predicted octanol–water partition coefficient (Wildman–Crippen LogP) is 2.67. The maximum atomic E-state index is 9.73. The van der Waals surface area contributed by atoms with Crippen LogP contribution in [0.5, 0.6) is 0 Å². The van der Waals surface area contributed by atoms with Crippen LogP contribution >= 0.6 is 0 Å². The van der Waals surface area contributed by atoms with Crippen molar-refractivity contribution in [2.24, 2.45) is 5.41 Å². The van der Waals surface area contributed by atoms with E-state index in [4.69, 9.17) is 0 Å². The molecule has 0 aromatic rings. The van der Waals surface area contributed by atoms with E-state index in [-0.39, 0.29) is 11.5 Å². The zero-order valence-corrected chi connectivity index (χ0v) is 8.22. The van der Waals surface area contributed by atoms with Crippen LogP contribution in [0.15, 0.2) is 23.8 Å². The Morgan fingerprint density at radius 1 is 1.58 bits per heavy atom. The van der Waals surface area contributed by atoms with Gasteiger partial charge in [-0.05, 0) is 36.3 Å².